The summed E-state index contributed by atoms with van der Waals surface area (Å²) in [6.07, 6.45) is 2.26. The Morgan fingerprint density at radius 3 is 2.62 bits per heavy atom. The number of nitrogens with zero attached hydrogens (tertiary/aromatic N) is 1. The number of aryl methyl sites for hydroxylation is 2. The fourth-order valence-corrected chi connectivity index (χ4v) is 2.02. The number of benzene rings is 1. The SMILES string of the molecule is CCc1noc(C=C(N)c2ccc(C)cc2)c1C(=O)NC. The summed E-state index contributed by atoms with van der Waals surface area (Å²) in [5, 5.41) is 6.52. The van der Waals surface area contributed by atoms with Crippen molar-refractivity contribution in [1.82, 2.24) is 10.5 Å². The van der Waals surface area contributed by atoms with Gasteiger partial charge in [-0.25, -0.2) is 0 Å². The highest BCUT2D eigenvalue weighted by Gasteiger charge is 2.19. The van der Waals surface area contributed by atoms with Gasteiger partial charge in [-0.1, -0.05) is 41.9 Å². The van der Waals surface area contributed by atoms with Gasteiger partial charge < -0.3 is 15.6 Å². The van der Waals surface area contributed by atoms with Crippen molar-refractivity contribution in [2.45, 2.75) is 20.3 Å². The van der Waals surface area contributed by atoms with Crippen LogP contribution in [0.2, 0.25) is 0 Å². The molecule has 1 aromatic carbocycles. The molecule has 0 atom stereocenters. The molecule has 1 heterocycles. The van der Waals surface area contributed by atoms with Gasteiger partial charge in [0.25, 0.3) is 5.91 Å². The van der Waals surface area contributed by atoms with E-state index in [0.29, 0.717) is 29.1 Å². The molecule has 0 bridgehead atoms. The van der Waals surface area contributed by atoms with Crippen molar-refractivity contribution >= 4 is 17.7 Å². The summed E-state index contributed by atoms with van der Waals surface area (Å²) in [4.78, 5) is 12.0. The lowest BCUT2D eigenvalue weighted by Crippen LogP contribution is -2.19. The second kappa shape index (κ2) is 6.26. The van der Waals surface area contributed by atoms with E-state index in [1.165, 1.54) is 0 Å². The number of rotatable bonds is 4. The Morgan fingerprint density at radius 1 is 1.38 bits per heavy atom. The maximum absolute atomic E-state index is 12.0. The van der Waals surface area contributed by atoms with E-state index in [1.54, 1.807) is 13.1 Å². The molecule has 0 radical (unpaired) electrons. The van der Waals surface area contributed by atoms with E-state index in [-0.39, 0.29) is 5.91 Å². The lowest BCUT2D eigenvalue weighted by Gasteiger charge is -2.03. The van der Waals surface area contributed by atoms with Crippen LogP contribution < -0.4 is 11.1 Å². The minimum absolute atomic E-state index is 0.226. The van der Waals surface area contributed by atoms with Crippen LogP contribution in [0, 0.1) is 6.92 Å². The Labute approximate surface area is 123 Å². The first-order valence-corrected chi connectivity index (χ1v) is 6.81. The molecular formula is C16H19N3O2. The first kappa shape index (κ1) is 14.8. The molecule has 0 fully saturated rings. The number of nitrogens with two attached hydrogens (primary N) is 1. The smallest absolute Gasteiger partial charge is 0.256 e. The fraction of sp³-hybridized carbons (Fsp3) is 0.250. The third kappa shape index (κ3) is 3.13. The largest absolute Gasteiger partial charge is 0.398 e. The topological polar surface area (TPSA) is 81.2 Å². The number of amides is 1. The molecule has 5 heteroatoms. The van der Waals surface area contributed by atoms with Gasteiger partial charge in [0.1, 0.15) is 5.56 Å². The minimum atomic E-state index is -0.226. The summed E-state index contributed by atoms with van der Waals surface area (Å²) in [6, 6.07) is 7.82. The molecule has 0 saturated carbocycles. The minimum Gasteiger partial charge on any atom is -0.398 e. The highest BCUT2D eigenvalue weighted by atomic mass is 16.5. The van der Waals surface area contributed by atoms with Crippen LogP contribution in [0.25, 0.3) is 11.8 Å². The molecule has 0 spiro atoms. The Balaban J connectivity index is 2.42. The van der Waals surface area contributed by atoms with Crippen LogP contribution in [0.5, 0.6) is 0 Å². The predicted molar refractivity (Wildman–Crippen MR) is 82.5 cm³/mol. The number of hydrogen-bond acceptors (Lipinski definition) is 4. The highest BCUT2D eigenvalue weighted by Crippen LogP contribution is 2.20. The molecule has 5 nitrogen and oxygen atoms in total. The molecule has 2 rings (SSSR count). The second-order valence-electron chi connectivity index (χ2n) is 4.77. The molecule has 110 valence electrons. The summed E-state index contributed by atoms with van der Waals surface area (Å²) in [6.45, 7) is 3.93. The van der Waals surface area contributed by atoms with E-state index in [1.807, 2.05) is 38.1 Å². The van der Waals surface area contributed by atoms with E-state index in [4.69, 9.17) is 10.3 Å². The molecule has 1 aromatic heterocycles. The third-order valence-electron chi connectivity index (χ3n) is 3.25. The molecular weight excluding hydrogens is 266 g/mol. The van der Waals surface area contributed by atoms with E-state index in [0.717, 1.165) is 11.1 Å². The van der Waals surface area contributed by atoms with Gasteiger partial charge in [-0.2, -0.15) is 0 Å². The zero-order valence-corrected chi connectivity index (χ0v) is 12.4. The summed E-state index contributed by atoms with van der Waals surface area (Å²) >= 11 is 0. The van der Waals surface area contributed by atoms with Crippen LogP contribution in [0.15, 0.2) is 28.8 Å². The molecule has 21 heavy (non-hydrogen) atoms. The summed E-state index contributed by atoms with van der Waals surface area (Å²) in [7, 11) is 1.57. The fourth-order valence-electron chi connectivity index (χ4n) is 2.02. The van der Waals surface area contributed by atoms with E-state index >= 15 is 0 Å². The molecule has 0 aliphatic rings. The monoisotopic (exact) mass is 285 g/mol. The van der Waals surface area contributed by atoms with Gasteiger partial charge in [0, 0.05) is 18.8 Å². The average Bonchev–Trinajstić information content (AvgIpc) is 2.89. The van der Waals surface area contributed by atoms with E-state index < -0.39 is 0 Å². The first-order chi connectivity index (χ1) is 10.1. The lowest BCUT2D eigenvalue weighted by molar-refractivity contribution is 0.0961. The normalized spacial score (nSPS) is 11.5. The molecule has 1 amide bonds. The molecule has 2 aromatic rings. The van der Waals surface area contributed by atoms with Gasteiger partial charge in [0.05, 0.1) is 5.69 Å². The van der Waals surface area contributed by atoms with Crippen LogP contribution >= 0.6 is 0 Å². The molecule has 3 N–H and O–H groups in total. The zero-order valence-electron chi connectivity index (χ0n) is 12.4. The van der Waals surface area contributed by atoms with E-state index in [2.05, 4.69) is 10.5 Å². The van der Waals surface area contributed by atoms with E-state index in [9.17, 15) is 4.79 Å². The third-order valence-corrected chi connectivity index (χ3v) is 3.25. The summed E-state index contributed by atoms with van der Waals surface area (Å²) in [5.74, 6) is 0.153. The Bertz CT molecular complexity index is 669. The standard InChI is InChI=1S/C16H19N3O2/c1-4-13-15(16(20)18-3)14(21-19-13)9-12(17)11-7-5-10(2)6-8-11/h5-9H,4,17H2,1-3H3,(H,18,20). The van der Waals surface area contributed by atoms with Crippen molar-refractivity contribution in [1.29, 1.82) is 0 Å². The van der Waals surface area contributed by atoms with Crippen molar-refractivity contribution in [2.24, 2.45) is 5.73 Å². The van der Waals surface area contributed by atoms with Gasteiger partial charge in [-0.3, -0.25) is 4.79 Å². The van der Waals surface area contributed by atoms with Crippen molar-refractivity contribution in [3.63, 3.8) is 0 Å². The highest BCUT2D eigenvalue weighted by molar-refractivity contribution is 5.99. The summed E-state index contributed by atoms with van der Waals surface area (Å²) < 4.78 is 5.26. The van der Waals surface area contributed by atoms with Crippen LogP contribution in [-0.4, -0.2) is 18.1 Å². The Morgan fingerprint density at radius 2 is 2.05 bits per heavy atom. The number of nitrogens with one attached hydrogen (secondary N) is 1. The van der Waals surface area contributed by atoms with Gasteiger partial charge >= 0.3 is 0 Å². The Kier molecular flexibility index (Phi) is 4.42. The number of carbonyl (C=O) groups is 1. The molecule has 0 aliphatic heterocycles. The molecule has 0 unspecified atom stereocenters. The Hall–Kier alpha value is -2.56. The van der Waals surface area contributed by atoms with Crippen LogP contribution in [0.3, 0.4) is 0 Å². The zero-order chi connectivity index (χ0) is 15.4. The number of aromatic nitrogens is 1. The van der Waals surface area contributed by atoms with Gasteiger partial charge in [-0.15, -0.1) is 0 Å². The second-order valence-corrected chi connectivity index (χ2v) is 4.77. The molecule has 0 aliphatic carbocycles. The predicted octanol–water partition coefficient (Wildman–Crippen LogP) is 2.36. The van der Waals surface area contributed by atoms with Crippen molar-refractivity contribution in [3.05, 3.63) is 52.4 Å². The van der Waals surface area contributed by atoms with Crippen molar-refractivity contribution in [3.8, 4) is 0 Å². The number of hydrogen-bond donors (Lipinski definition) is 2. The van der Waals surface area contributed by atoms with Crippen LogP contribution in [-0.2, 0) is 6.42 Å². The van der Waals surface area contributed by atoms with Crippen molar-refractivity contribution < 1.29 is 9.32 Å². The number of carbonyl (C=O) groups excluding carboxylic acids is 1. The maximum atomic E-state index is 12.0. The van der Waals surface area contributed by atoms with Gasteiger partial charge in [0.2, 0.25) is 0 Å². The average molecular weight is 285 g/mol. The van der Waals surface area contributed by atoms with Crippen LogP contribution in [0.4, 0.5) is 0 Å². The molecule has 0 saturated heterocycles. The first-order valence-electron chi connectivity index (χ1n) is 6.81. The van der Waals surface area contributed by atoms with Crippen molar-refractivity contribution in [2.75, 3.05) is 7.05 Å². The lowest BCUT2D eigenvalue weighted by atomic mass is 10.1. The van der Waals surface area contributed by atoms with Crippen LogP contribution in [0.1, 0.15) is 39.9 Å². The van der Waals surface area contributed by atoms with Gasteiger partial charge in [-0.05, 0) is 18.9 Å². The quantitative estimate of drug-likeness (QED) is 0.903. The maximum Gasteiger partial charge on any atom is 0.256 e. The summed E-state index contributed by atoms with van der Waals surface area (Å²) in [5.41, 5.74) is 9.70. The van der Waals surface area contributed by atoms with Gasteiger partial charge in [0.15, 0.2) is 5.76 Å².